The van der Waals surface area contributed by atoms with Gasteiger partial charge in [-0.3, -0.25) is 9.59 Å². The fraction of sp³-hybridized carbons (Fsp3) is 0.231. The van der Waals surface area contributed by atoms with E-state index in [1.54, 1.807) is 37.3 Å². The zero-order valence-electron chi connectivity index (χ0n) is 18.9. The third kappa shape index (κ3) is 6.99. The Labute approximate surface area is 205 Å². The smallest absolute Gasteiger partial charge is 0.416 e. The minimum absolute atomic E-state index is 0.0460. The van der Waals surface area contributed by atoms with Crippen molar-refractivity contribution >= 4 is 23.5 Å². The molecule has 1 amide bonds. The van der Waals surface area contributed by atoms with E-state index in [4.69, 9.17) is 21.4 Å². The van der Waals surface area contributed by atoms with Crippen LogP contribution in [0.15, 0.2) is 60.7 Å². The Morgan fingerprint density at radius 3 is 2.40 bits per heavy atom. The molecule has 0 fully saturated rings. The van der Waals surface area contributed by atoms with E-state index in [-0.39, 0.29) is 17.0 Å². The number of carbonyl (C=O) groups excluding carboxylic acids is 1. The molecule has 9 heteroatoms. The summed E-state index contributed by atoms with van der Waals surface area (Å²) < 4.78 is 44.4. The first-order chi connectivity index (χ1) is 16.4. The highest BCUT2D eigenvalue weighted by atomic mass is 35.5. The molecule has 184 valence electrons. The minimum atomic E-state index is -4.55. The van der Waals surface area contributed by atoms with Crippen LogP contribution in [0.5, 0.6) is 11.5 Å². The second-order valence-electron chi connectivity index (χ2n) is 8.04. The number of carboxylic acids is 1. The van der Waals surface area contributed by atoms with Gasteiger partial charge in [-0.1, -0.05) is 29.8 Å². The van der Waals surface area contributed by atoms with E-state index in [1.807, 2.05) is 19.1 Å². The third-order valence-electron chi connectivity index (χ3n) is 5.40. The largest absolute Gasteiger partial charge is 0.481 e. The number of hydrogen-bond acceptors (Lipinski definition) is 3. The highest BCUT2D eigenvalue weighted by Crippen LogP contribution is 2.32. The number of aliphatic carboxylic acids is 1. The molecule has 0 aromatic heterocycles. The van der Waals surface area contributed by atoms with Crippen molar-refractivity contribution in [2.45, 2.75) is 38.9 Å². The lowest BCUT2D eigenvalue weighted by Gasteiger charge is -2.17. The van der Waals surface area contributed by atoms with Gasteiger partial charge < -0.3 is 15.2 Å². The Morgan fingerprint density at radius 2 is 1.77 bits per heavy atom. The number of alkyl halides is 3. The summed E-state index contributed by atoms with van der Waals surface area (Å²) in [4.78, 5) is 23.4. The summed E-state index contributed by atoms with van der Waals surface area (Å²) in [5.74, 6) is -0.362. The Morgan fingerprint density at radius 1 is 1.06 bits per heavy atom. The van der Waals surface area contributed by atoms with Crippen LogP contribution >= 0.6 is 11.6 Å². The normalized spacial score (nSPS) is 12.2. The van der Waals surface area contributed by atoms with Gasteiger partial charge in [0.1, 0.15) is 11.5 Å². The molecule has 5 nitrogen and oxygen atoms in total. The molecule has 0 aliphatic rings. The molecule has 2 N–H and O–H groups in total. The number of rotatable bonds is 8. The number of aryl methyl sites for hydroxylation is 2. The number of halogens is 4. The molecule has 35 heavy (non-hydrogen) atoms. The van der Waals surface area contributed by atoms with E-state index in [2.05, 4.69) is 5.32 Å². The molecule has 3 rings (SSSR count). The number of benzene rings is 3. The maximum atomic E-state index is 12.8. The van der Waals surface area contributed by atoms with E-state index >= 15 is 0 Å². The molecule has 0 bridgehead atoms. The van der Waals surface area contributed by atoms with Crippen LogP contribution in [-0.2, 0) is 17.4 Å². The van der Waals surface area contributed by atoms with Gasteiger partial charge in [-0.05, 0) is 79.4 Å². The molecular weight excluding hydrogens is 483 g/mol. The van der Waals surface area contributed by atoms with Crippen LogP contribution in [0.3, 0.4) is 0 Å². The second-order valence-corrected chi connectivity index (χ2v) is 8.45. The molecule has 1 unspecified atom stereocenters. The lowest BCUT2D eigenvalue weighted by molar-refractivity contribution is -0.138. The highest BCUT2D eigenvalue weighted by Gasteiger charge is 2.31. The van der Waals surface area contributed by atoms with Gasteiger partial charge in [0.2, 0.25) is 0 Å². The van der Waals surface area contributed by atoms with Crippen LogP contribution in [0.1, 0.15) is 52.0 Å². The Kier molecular flexibility index (Phi) is 8.07. The molecule has 0 saturated heterocycles. The van der Waals surface area contributed by atoms with Crippen LogP contribution in [-0.4, -0.2) is 17.0 Å². The lowest BCUT2D eigenvalue weighted by atomic mass is 10.0. The molecule has 0 saturated carbocycles. The van der Waals surface area contributed by atoms with E-state index in [1.165, 1.54) is 0 Å². The molecule has 0 radical (unpaired) electrons. The van der Waals surface area contributed by atoms with Crippen molar-refractivity contribution in [2.75, 3.05) is 0 Å². The molecule has 0 aliphatic heterocycles. The van der Waals surface area contributed by atoms with Crippen molar-refractivity contribution < 1.29 is 32.6 Å². The zero-order chi connectivity index (χ0) is 25.8. The number of amides is 1. The summed E-state index contributed by atoms with van der Waals surface area (Å²) in [5, 5.41) is 11.3. The van der Waals surface area contributed by atoms with Crippen molar-refractivity contribution in [3.63, 3.8) is 0 Å². The number of carbonyl (C=O) groups is 2. The van der Waals surface area contributed by atoms with E-state index in [9.17, 15) is 22.8 Å². The molecule has 1 atom stereocenters. The summed E-state index contributed by atoms with van der Waals surface area (Å²) in [7, 11) is 0. The fourth-order valence-electron chi connectivity index (χ4n) is 3.47. The Hall–Kier alpha value is -3.52. The standard InChI is InChI=1S/C26H23ClF3NO4/c1-15-12-21(9-6-17(15)7-11-24(32)33)35-20-5-3-4-18(13-20)16(2)31-25(34)22-10-8-19(14-23(22)27)26(28,29)30/h3-6,8-10,12-14,16H,7,11H2,1-2H3,(H,31,34)(H,32,33). The molecule has 0 spiro atoms. The molecular formula is C26H23ClF3NO4. The van der Waals surface area contributed by atoms with Crippen molar-refractivity contribution in [2.24, 2.45) is 0 Å². The quantitative estimate of drug-likeness (QED) is 0.347. The molecule has 3 aromatic carbocycles. The van der Waals surface area contributed by atoms with Crippen LogP contribution < -0.4 is 10.1 Å². The first-order valence-electron chi connectivity index (χ1n) is 10.7. The van der Waals surface area contributed by atoms with Gasteiger partial charge in [-0.25, -0.2) is 0 Å². The van der Waals surface area contributed by atoms with Crippen molar-refractivity contribution in [1.82, 2.24) is 5.32 Å². The van der Waals surface area contributed by atoms with Crippen molar-refractivity contribution in [1.29, 1.82) is 0 Å². The second kappa shape index (κ2) is 10.8. The van der Waals surface area contributed by atoms with Crippen LogP contribution in [0.2, 0.25) is 5.02 Å². The van der Waals surface area contributed by atoms with Crippen molar-refractivity contribution in [3.05, 3.63) is 93.5 Å². The van der Waals surface area contributed by atoms with Gasteiger partial charge in [0, 0.05) is 6.42 Å². The zero-order valence-corrected chi connectivity index (χ0v) is 19.7. The average molecular weight is 506 g/mol. The highest BCUT2D eigenvalue weighted by molar-refractivity contribution is 6.33. The van der Waals surface area contributed by atoms with Gasteiger partial charge in [-0.15, -0.1) is 0 Å². The molecule has 3 aromatic rings. The van der Waals surface area contributed by atoms with Gasteiger partial charge in [0.25, 0.3) is 5.91 Å². The monoisotopic (exact) mass is 505 g/mol. The van der Waals surface area contributed by atoms with E-state index in [0.29, 0.717) is 23.5 Å². The van der Waals surface area contributed by atoms with Gasteiger partial charge in [0.15, 0.2) is 0 Å². The van der Waals surface area contributed by atoms with Crippen molar-refractivity contribution in [3.8, 4) is 11.5 Å². The number of hydrogen-bond donors (Lipinski definition) is 2. The van der Waals surface area contributed by atoms with Crippen LogP contribution in [0, 0.1) is 6.92 Å². The topological polar surface area (TPSA) is 75.6 Å². The maximum absolute atomic E-state index is 12.8. The van der Waals surface area contributed by atoms with Crippen LogP contribution in [0.25, 0.3) is 0 Å². The number of carboxylic acid groups (broad SMARTS) is 1. The first kappa shape index (κ1) is 26.1. The summed E-state index contributed by atoms with van der Waals surface area (Å²) in [6, 6.07) is 14.5. The maximum Gasteiger partial charge on any atom is 0.416 e. The number of ether oxygens (including phenoxy) is 1. The predicted molar refractivity (Wildman–Crippen MR) is 126 cm³/mol. The SMILES string of the molecule is Cc1cc(Oc2cccc(C(C)NC(=O)c3ccc(C(F)(F)F)cc3Cl)c2)ccc1CCC(=O)O. The summed E-state index contributed by atoms with van der Waals surface area (Å²) >= 11 is 5.92. The van der Waals surface area contributed by atoms with Gasteiger partial charge in [0.05, 0.1) is 22.2 Å². The summed E-state index contributed by atoms with van der Waals surface area (Å²) in [6.45, 7) is 3.61. The molecule has 0 aliphatic carbocycles. The fourth-order valence-corrected chi connectivity index (χ4v) is 3.74. The summed E-state index contributed by atoms with van der Waals surface area (Å²) in [6.07, 6.45) is -4.08. The molecule has 0 heterocycles. The van der Waals surface area contributed by atoms with Gasteiger partial charge in [-0.2, -0.15) is 13.2 Å². The van der Waals surface area contributed by atoms with Gasteiger partial charge >= 0.3 is 12.1 Å². The summed E-state index contributed by atoms with van der Waals surface area (Å²) in [5.41, 5.74) is 1.56. The number of nitrogens with one attached hydrogen (secondary N) is 1. The van der Waals surface area contributed by atoms with E-state index < -0.39 is 29.7 Å². The third-order valence-corrected chi connectivity index (χ3v) is 5.72. The predicted octanol–water partition coefficient (Wildman–Crippen LogP) is 6.97. The van der Waals surface area contributed by atoms with Crippen LogP contribution in [0.4, 0.5) is 13.2 Å². The Balaban J connectivity index is 1.69. The van der Waals surface area contributed by atoms with E-state index in [0.717, 1.165) is 29.3 Å². The average Bonchev–Trinajstić information content (AvgIpc) is 2.77. The Bertz CT molecular complexity index is 1240. The lowest BCUT2D eigenvalue weighted by Crippen LogP contribution is -2.27. The minimum Gasteiger partial charge on any atom is -0.481 e. The first-order valence-corrected chi connectivity index (χ1v) is 11.1.